The van der Waals surface area contributed by atoms with E-state index < -0.39 is 0 Å². The van der Waals surface area contributed by atoms with Crippen molar-refractivity contribution in [2.45, 2.75) is 32.2 Å². The summed E-state index contributed by atoms with van der Waals surface area (Å²) in [5.74, 6) is 1.33. The van der Waals surface area contributed by atoms with Crippen molar-refractivity contribution in [2.75, 3.05) is 26.7 Å². The first kappa shape index (κ1) is 22.6. The van der Waals surface area contributed by atoms with Crippen LogP contribution in [0.2, 0.25) is 0 Å². The summed E-state index contributed by atoms with van der Waals surface area (Å²) in [7, 11) is 1.51. The lowest BCUT2D eigenvalue weighted by molar-refractivity contribution is 0.0870. The van der Waals surface area contributed by atoms with Gasteiger partial charge in [0.2, 0.25) is 0 Å². The molecule has 1 atom stereocenters. The number of aromatic nitrogens is 5. The average molecular weight is 484 g/mol. The van der Waals surface area contributed by atoms with Crippen LogP contribution in [0.4, 0.5) is 4.39 Å². The number of hydrogen-bond acceptors (Lipinski definition) is 7. The molecule has 0 amide bonds. The Morgan fingerprint density at radius 2 is 1.97 bits per heavy atom. The van der Waals surface area contributed by atoms with E-state index in [-0.39, 0.29) is 18.4 Å². The molecule has 7 rings (SSSR count). The minimum Gasteiger partial charge on any atom is -0.467 e. The highest BCUT2D eigenvalue weighted by Gasteiger charge is 2.35. The molecule has 9 heteroatoms. The normalized spacial score (nSPS) is 21.0. The average Bonchev–Trinajstić information content (AvgIpc) is 3.29. The summed E-state index contributed by atoms with van der Waals surface area (Å²) in [6.45, 7) is 5.38. The van der Waals surface area contributed by atoms with Crippen LogP contribution >= 0.6 is 0 Å². The molecule has 2 bridgehead atoms. The van der Waals surface area contributed by atoms with Gasteiger partial charge in [-0.15, -0.1) is 0 Å². The van der Waals surface area contributed by atoms with E-state index in [1.165, 1.54) is 26.1 Å². The molecule has 1 aromatic carbocycles. The molecule has 4 aromatic rings. The molecule has 0 spiro atoms. The van der Waals surface area contributed by atoms with Crippen LogP contribution in [-0.4, -0.2) is 56.1 Å². The van der Waals surface area contributed by atoms with Crippen molar-refractivity contribution in [3.8, 4) is 23.5 Å². The third kappa shape index (κ3) is 3.88. The number of nitrogens with zero attached hydrogens (tertiary/aromatic N) is 7. The van der Waals surface area contributed by atoms with Crippen molar-refractivity contribution in [2.24, 2.45) is 5.92 Å². The minimum absolute atomic E-state index is 0.217. The number of benzene rings is 1. The number of fused-ring (bicyclic) bond motifs is 4. The Hall–Kier alpha value is -3.90. The van der Waals surface area contributed by atoms with Crippen molar-refractivity contribution < 1.29 is 9.13 Å². The number of hydrogen-bond donors (Lipinski definition) is 0. The van der Waals surface area contributed by atoms with Gasteiger partial charge in [-0.1, -0.05) is 12.1 Å². The van der Waals surface area contributed by atoms with Gasteiger partial charge in [-0.25, -0.2) is 9.37 Å². The van der Waals surface area contributed by atoms with Crippen LogP contribution in [0, 0.1) is 30.0 Å². The SMILES string of the molecule is COc1nc(C)c2nc(-c3cncc(C#N)c3)n(Cc3ccc([C@H]4CN5CCC4CC5)cc3F)c2n1. The van der Waals surface area contributed by atoms with Crippen molar-refractivity contribution in [1.29, 1.82) is 5.26 Å². The van der Waals surface area contributed by atoms with Crippen LogP contribution in [0.3, 0.4) is 0 Å². The zero-order valence-corrected chi connectivity index (χ0v) is 20.3. The van der Waals surface area contributed by atoms with E-state index >= 15 is 4.39 Å². The predicted octanol–water partition coefficient (Wildman–Crippen LogP) is 4.07. The van der Waals surface area contributed by atoms with E-state index in [2.05, 4.69) is 32.0 Å². The molecule has 3 fully saturated rings. The maximum absolute atomic E-state index is 15.6. The van der Waals surface area contributed by atoms with Gasteiger partial charge in [0.25, 0.3) is 0 Å². The second-order valence-corrected chi connectivity index (χ2v) is 9.66. The molecule has 0 N–H and O–H groups in total. The summed E-state index contributed by atoms with van der Waals surface area (Å²) >= 11 is 0. The predicted molar refractivity (Wildman–Crippen MR) is 132 cm³/mol. The van der Waals surface area contributed by atoms with Gasteiger partial charge in [-0.2, -0.15) is 15.2 Å². The minimum atomic E-state index is -0.238. The Balaban J connectivity index is 1.43. The fraction of sp³-hybridized carbons (Fsp3) is 0.370. The molecule has 0 unspecified atom stereocenters. The fourth-order valence-corrected chi connectivity index (χ4v) is 5.63. The van der Waals surface area contributed by atoms with E-state index in [0.717, 1.165) is 25.2 Å². The molecule has 182 valence electrons. The molecule has 0 saturated carbocycles. The van der Waals surface area contributed by atoms with Crippen LogP contribution in [0.25, 0.3) is 22.6 Å². The molecule has 36 heavy (non-hydrogen) atoms. The van der Waals surface area contributed by atoms with Crippen LogP contribution < -0.4 is 4.74 Å². The summed E-state index contributed by atoms with van der Waals surface area (Å²) < 4.78 is 22.7. The molecule has 3 aromatic heterocycles. The number of rotatable bonds is 5. The molecule has 3 saturated heterocycles. The number of imidazole rings is 1. The summed E-state index contributed by atoms with van der Waals surface area (Å²) in [5, 5.41) is 9.37. The molecule has 8 nitrogen and oxygen atoms in total. The number of nitriles is 1. The molecule has 3 aliphatic heterocycles. The highest BCUT2D eigenvalue weighted by atomic mass is 19.1. The maximum atomic E-state index is 15.6. The van der Waals surface area contributed by atoms with Gasteiger partial charge in [-0.3, -0.25) is 4.98 Å². The summed E-state index contributed by atoms with van der Waals surface area (Å²) in [5.41, 5.74) is 4.47. The number of methoxy groups -OCH3 is 1. The van der Waals surface area contributed by atoms with E-state index in [9.17, 15) is 5.26 Å². The lowest BCUT2D eigenvalue weighted by Gasteiger charge is -2.45. The number of piperidine rings is 3. The first-order valence-corrected chi connectivity index (χ1v) is 12.2. The molecule has 0 aliphatic carbocycles. The van der Waals surface area contributed by atoms with Gasteiger partial charge in [0.15, 0.2) is 5.65 Å². The van der Waals surface area contributed by atoms with E-state index in [4.69, 9.17) is 9.72 Å². The summed E-state index contributed by atoms with van der Waals surface area (Å²) in [4.78, 5) is 20.4. The molecular weight excluding hydrogens is 457 g/mol. The maximum Gasteiger partial charge on any atom is 0.318 e. The van der Waals surface area contributed by atoms with Crippen molar-refractivity contribution in [3.05, 3.63) is 64.9 Å². The van der Waals surface area contributed by atoms with Gasteiger partial charge in [0.1, 0.15) is 23.2 Å². The van der Waals surface area contributed by atoms with E-state index in [0.29, 0.717) is 51.2 Å². The Bertz CT molecular complexity index is 1500. The number of ether oxygens (including phenoxy) is 1. The molecule has 6 heterocycles. The van der Waals surface area contributed by atoms with E-state index in [1.807, 2.05) is 17.6 Å². The standard InChI is InChI=1S/C27H26FN7O/c1-16-24-26(33-27(31-16)36-2)35(25(32-24)21-9-17(11-29)12-30-13-21)14-20-4-3-19(10-23(20)28)22-15-34-7-5-18(22)6-8-34/h3-4,9-10,12-13,18,22H,5-8,14-15H2,1-2H3/t22-/m0/s1. The second kappa shape index (κ2) is 8.95. The topological polar surface area (TPSA) is 92.8 Å². The third-order valence-corrected chi connectivity index (χ3v) is 7.55. The highest BCUT2D eigenvalue weighted by Crippen LogP contribution is 2.39. The van der Waals surface area contributed by atoms with Crippen molar-refractivity contribution >= 4 is 11.2 Å². The summed E-state index contributed by atoms with van der Waals surface area (Å²) in [6, 6.07) is 9.72. The molecular formula is C27H26FN7O. The Labute approximate surface area is 208 Å². The van der Waals surface area contributed by atoms with Crippen LogP contribution in [0.5, 0.6) is 6.01 Å². The largest absolute Gasteiger partial charge is 0.467 e. The second-order valence-electron chi connectivity index (χ2n) is 9.66. The summed E-state index contributed by atoms with van der Waals surface area (Å²) in [6.07, 6.45) is 5.52. The fourth-order valence-electron chi connectivity index (χ4n) is 5.63. The third-order valence-electron chi connectivity index (χ3n) is 7.55. The number of pyridine rings is 1. The first-order chi connectivity index (χ1) is 17.5. The van der Waals surface area contributed by atoms with Crippen LogP contribution in [0.15, 0.2) is 36.7 Å². The van der Waals surface area contributed by atoms with Crippen molar-refractivity contribution in [3.63, 3.8) is 0 Å². The lowest BCUT2D eigenvalue weighted by Crippen LogP contribution is -2.46. The number of aryl methyl sites for hydroxylation is 1. The quantitative estimate of drug-likeness (QED) is 0.422. The highest BCUT2D eigenvalue weighted by molar-refractivity contribution is 5.79. The zero-order valence-electron chi connectivity index (χ0n) is 20.3. The number of halogens is 1. The van der Waals surface area contributed by atoms with Gasteiger partial charge in [-0.05, 0) is 62.4 Å². The van der Waals surface area contributed by atoms with Gasteiger partial charge >= 0.3 is 6.01 Å². The first-order valence-electron chi connectivity index (χ1n) is 12.2. The Kier molecular flexibility index (Phi) is 5.61. The van der Waals surface area contributed by atoms with Crippen LogP contribution in [-0.2, 0) is 6.54 Å². The van der Waals surface area contributed by atoms with Gasteiger partial charge < -0.3 is 14.2 Å². The Morgan fingerprint density at radius 1 is 1.14 bits per heavy atom. The van der Waals surface area contributed by atoms with Gasteiger partial charge in [0.05, 0.1) is 24.9 Å². The monoisotopic (exact) mass is 483 g/mol. The Morgan fingerprint density at radius 3 is 2.67 bits per heavy atom. The lowest BCUT2D eigenvalue weighted by atomic mass is 9.75. The molecule has 3 aliphatic rings. The van der Waals surface area contributed by atoms with Crippen molar-refractivity contribution in [1.82, 2.24) is 29.4 Å². The molecule has 0 radical (unpaired) electrons. The van der Waals surface area contributed by atoms with Crippen LogP contribution in [0.1, 0.15) is 41.1 Å². The van der Waals surface area contributed by atoms with Gasteiger partial charge in [0, 0.05) is 30.1 Å². The smallest absolute Gasteiger partial charge is 0.318 e. The zero-order chi connectivity index (χ0) is 24.8. The van der Waals surface area contributed by atoms with E-state index in [1.54, 1.807) is 18.3 Å².